The smallest absolute Gasteiger partial charge is 0.251 e. The summed E-state index contributed by atoms with van der Waals surface area (Å²) in [6.45, 7) is 4.89. The lowest BCUT2D eigenvalue weighted by Crippen LogP contribution is -2.34. The Morgan fingerprint density at radius 1 is 1.00 bits per heavy atom. The Morgan fingerprint density at radius 3 is 2.59 bits per heavy atom. The second-order valence-electron chi connectivity index (χ2n) is 8.94. The van der Waals surface area contributed by atoms with E-state index in [1.165, 1.54) is 6.33 Å². The first-order chi connectivity index (χ1) is 18.9. The van der Waals surface area contributed by atoms with Gasteiger partial charge >= 0.3 is 0 Å². The zero-order chi connectivity index (χ0) is 27.4. The Bertz CT molecular complexity index is 1520. The van der Waals surface area contributed by atoms with E-state index in [4.69, 9.17) is 32.7 Å². The van der Waals surface area contributed by atoms with Crippen molar-refractivity contribution in [2.45, 2.75) is 33.0 Å². The van der Waals surface area contributed by atoms with E-state index < -0.39 is 6.04 Å². The zero-order valence-corrected chi connectivity index (χ0v) is 23.0. The highest BCUT2D eigenvalue weighted by Gasteiger charge is 2.34. The molecule has 3 aromatic carbocycles. The Kier molecular flexibility index (Phi) is 8.05. The van der Waals surface area contributed by atoms with Crippen molar-refractivity contribution in [2.75, 3.05) is 11.9 Å². The Hall–Kier alpha value is -4.01. The Morgan fingerprint density at radius 2 is 1.82 bits per heavy atom. The van der Waals surface area contributed by atoms with E-state index in [0.29, 0.717) is 51.9 Å². The molecule has 8 nitrogen and oxygen atoms in total. The van der Waals surface area contributed by atoms with Gasteiger partial charge in [-0.1, -0.05) is 65.7 Å². The Labute approximate surface area is 236 Å². The minimum Gasteiger partial charge on any atom is -0.490 e. The standard InChI is InChI=1S/C29H27Cl2N5O3/c1-3-38-25-14-21(10-12-24(25)39-16-20-9-11-22(30)23(31)13-20)27-26(18(2)35-29-33-17-34-36(27)29)28(37)32-15-19-7-5-4-6-8-19/h4-14,17,27H,3,15-16H2,1-2H3,(H,32,37)(H,33,34,35). The summed E-state index contributed by atoms with van der Waals surface area (Å²) in [4.78, 5) is 17.9. The molecule has 1 aromatic heterocycles. The van der Waals surface area contributed by atoms with Crippen LogP contribution >= 0.6 is 23.2 Å². The lowest BCUT2D eigenvalue weighted by molar-refractivity contribution is -0.118. The van der Waals surface area contributed by atoms with Gasteiger partial charge < -0.3 is 20.1 Å². The summed E-state index contributed by atoms with van der Waals surface area (Å²) in [5, 5.41) is 11.6. The lowest BCUT2D eigenvalue weighted by atomic mass is 9.94. The number of aromatic nitrogens is 3. The lowest BCUT2D eigenvalue weighted by Gasteiger charge is -2.29. The molecular weight excluding hydrogens is 537 g/mol. The van der Waals surface area contributed by atoms with Crippen LogP contribution in [-0.4, -0.2) is 27.3 Å². The van der Waals surface area contributed by atoms with Crippen LogP contribution in [0.3, 0.4) is 0 Å². The highest BCUT2D eigenvalue weighted by molar-refractivity contribution is 6.42. The van der Waals surface area contributed by atoms with Gasteiger partial charge in [0.15, 0.2) is 11.5 Å². The molecule has 1 atom stereocenters. The third-order valence-electron chi connectivity index (χ3n) is 6.30. The third kappa shape index (κ3) is 5.87. The number of anilines is 1. The molecule has 200 valence electrons. The number of amides is 1. The average molecular weight is 564 g/mol. The summed E-state index contributed by atoms with van der Waals surface area (Å²) in [5.74, 6) is 1.47. The maximum atomic E-state index is 13.5. The molecule has 1 amide bonds. The first-order valence-corrected chi connectivity index (χ1v) is 13.2. The van der Waals surface area contributed by atoms with E-state index in [1.807, 2.05) is 68.4 Å². The van der Waals surface area contributed by atoms with Crippen LogP contribution in [0, 0.1) is 0 Å². The van der Waals surface area contributed by atoms with E-state index in [9.17, 15) is 4.79 Å². The van der Waals surface area contributed by atoms with Crippen molar-refractivity contribution in [3.8, 4) is 11.5 Å². The molecule has 0 aliphatic carbocycles. The second kappa shape index (κ2) is 11.8. The number of hydrogen-bond donors (Lipinski definition) is 2. The number of rotatable bonds is 9. The molecular formula is C29H27Cl2N5O3. The minimum absolute atomic E-state index is 0.201. The van der Waals surface area contributed by atoms with Crippen LogP contribution < -0.4 is 20.1 Å². The number of fused-ring (bicyclic) bond motifs is 1. The van der Waals surface area contributed by atoms with Gasteiger partial charge in [-0.05, 0) is 54.8 Å². The van der Waals surface area contributed by atoms with Crippen molar-refractivity contribution in [1.29, 1.82) is 0 Å². The molecule has 0 spiro atoms. The predicted molar refractivity (Wildman–Crippen MR) is 151 cm³/mol. The summed E-state index contributed by atoms with van der Waals surface area (Å²) in [6.07, 6.45) is 1.46. The van der Waals surface area contributed by atoms with Crippen LogP contribution in [0.2, 0.25) is 10.0 Å². The number of halogens is 2. The number of carbonyl (C=O) groups excluding carboxylic acids is 1. The molecule has 0 saturated heterocycles. The fourth-order valence-electron chi connectivity index (χ4n) is 4.44. The molecule has 39 heavy (non-hydrogen) atoms. The van der Waals surface area contributed by atoms with Crippen molar-refractivity contribution < 1.29 is 14.3 Å². The predicted octanol–water partition coefficient (Wildman–Crippen LogP) is 6.17. The van der Waals surface area contributed by atoms with Gasteiger partial charge in [-0.2, -0.15) is 10.1 Å². The molecule has 5 rings (SSSR count). The topological polar surface area (TPSA) is 90.3 Å². The molecule has 2 N–H and O–H groups in total. The van der Waals surface area contributed by atoms with Gasteiger partial charge in [0.1, 0.15) is 19.0 Å². The van der Waals surface area contributed by atoms with Crippen LogP contribution in [-0.2, 0) is 17.9 Å². The number of benzene rings is 3. The molecule has 10 heteroatoms. The number of nitrogens with one attached hydrogen (secondary N) is 2. The zero-order valence-electron chi connectivity index (χ0n) is 21.4. The first kappa shape index (κ1) is 26.6. The number of nitrogens with zero attached hydrogens (tertiary/aromatic N) is 3. The summed E-state index contributed by atoms with van der Waals surface area (Å²) in [5.41, 5.74) is 3.92. The molecule has 4 aromatic rings. The summed E-state index contributed by atoms with van der Waals surface area (Å²) >= 11 is 12.2. The van der Waals surface area contributed by atoms with Crippen LogP contribution in [0.25, 0.3) is 0 Å². The molecule has 0 radical (unpaired) electrons. The molecule has 1 unspecified atom stereocenters. The number of allylic oxidation sites excluding steroid dienone is 1. The molecule has 2 heterocycles. The number of hydrogen-bond acceptors (Lipinski definition) is 6. The van der Waals surface area contributed by atoms with Crippen LogP contribution in [0.4, 0.5) is 5.95 Å². The average Bonchev–Trinajstić information content (AvgIpc) is 3.41. The van der Waals surface area contributed by atoms with Gasteiger partial charge in [0, 0.05) is 12.2 Å². The van der Waals surface area contributed by atoms with Crippen molar-refractivity contribution in [1.82, 2.24) is 20.1 Å². The fraction of sp³-hybridized carbons (Fsp3) is 0.207. The second-order valence-corrected chi connectivity index (χ2v) is 9.75. The van der Waals surface area contributed by atoms with E-state index in [2.05, 4.69) is 20.7 Å². The van der Waals surface area contributed by atoms with Crippen LogP contribution in [0.15, 0.2) is 84.3 Å². The fourth-order valence-corrected chi connectivity index (χ4v) is 4.76. The van der Waals surface area contributed by atoms with Crippen molar-refractivity contribution in [3.05, 3.63) is 111 Å². The van der Waals surface area contributed by atoms with Gasteiger partial charge in [0.2, 0.25) is 5.95 Å². The monoisotopic (exact) mass is 563 g/mol. The van der Waals surface area contributed by atoms with E-state index >= 15 is 0 Å². The highest BCUT2D eigenvalue weighted by Crippen LogP contribution is 2.39. The molecule has 1 aliphatic rings. The van der Waals surface area contributed by atoms with E-state index in [0.717, 1.165) is 16.7 Å². The molecule has 1 aliphatic heterocycles. The Balaban J connectivity index is 1.44. The van der Waals surface area contributed by atoms with Crippen LogP contribution in [0.1, 0.15) is 36.6 Å². The molecule has 0 fully saturated rings. The van der Waals surface area contributed by atoms with E-state index in [1.54, 1.807) is 16.8 Å². The van der Waals surface area contributed by atoms with Crippen molar-refractivity contribution in [3.63, 3.8) is 0 Å². The van der Waals surface area contributed by atoms with Gasteiger partial charge in [0.05, 0.1) is 22.2 Å². The maximum Gasteiger partial charge on any atom is 0.251 e. The highest BCUT2D eigenvalue weighted by atomic mass is 35.5. The van der Waals surface area contributed by atoms with Crippen LogP contribution in [0.5, 0.6) is 11.5 Å². The summed E-state index contributed by atoms with van der Waals surface area (Å²) < 4.78 is 13.7. The first-order valence-electron chi connectivity index (χ1n) is 12.5. The minimum atomic E-state index is -0.525. The van der Waals surface area contributed by atoms with Gasteiger partial charge in [-0.15, -0.1) is 0 Å². The van der Waals surface area contributed by atoms with E-state index in [-0.39, 0.29) is 12.5 Å². The summed E-state index contributed by atoms with van der Waals surface area (Å²) in [7, 11) is 0. The van der Waals surface area contributed by atoms with Gasteiger partial charge in [-0.3, -0.25) is 4.79 Å². The van der Waals surface area contributed by atoms with Crippen molar-refractivity contribution in [2.24, 2.45) is 0 Å². The largest absolute Gasteiger partial charge is 0.490 e. The van der Waals surface area contributed by atoms with Crippen molar-refractivity contribution >= 4 is 35.1 Å². The van der Waals surface area contributed by atoms with Gasteiger partial charge in [0.25, 0.3) is 5.91 Å². The number of carbonyl (C=O) groups is 1. The maximum absolute atomic E-state index is 13.5. The molecule has 0 bridgehead atoms. The normalized spacial score (nSPS) is 14.4. The SMILES string of the molecule is CCOc1cc(C2C(C(=O)NCc3ccccc3)=C(C)Nc3ncnn32)ccc1OCc1ccc(Cl)c(Cl)c1. The third-order valence-corrected chi connectivity index (χ3v) is 7.04. The molecule has 0 saturated carbocycles. The number of ether oxygens (including phenoxy) is 2. The quantitative estimate of drug-likeness (QED) is 0.253. The summed E-state index contributed by atoms with van der Waals surface area (Å²) in [6, 6.07) is 20.2. The van der Waals surface area contributed by atoms with Gasteiger partial charge in [-0.25, -0.2) is 4.68 Å².